The average Bonchev–Trinajstić information content (AvgIpc) is 2.90. The van der Waals surface area contributed by atoms with E-state index in [9.17, 15) is 23.1 Å². The normalized spacial score (nSPS) is 16.4. The van der Waals surface area contributed by atoms with Crippen molar-refractivity contribution in [3.63, 3.8) is 0 Å². The second kappa shape index (κ2) is 11.7. The largest absolute Gasteiger partial charge is 0.497 e. The molecule has 2 aromatic carbocycles. The number of hydrogen-bond donors (Lipinski definition) is 2. The fourth-order valence-corrected chi connectivity index (χ4v) is 5.24. The smallest absolute Gasteiger partial charge is 0.309 e. The first-order chi connectivity index (χ1) is 18.1. The third kappa shape index (κ3) is 5.96. The number of nitrogens with zero attached hydrogens (tertiary/aromatic N) is 2. The minimum Gasteiger partial charge on any atom is -0.497 e. The summed E-state index contributed by atoms with van der Waals surface area (Å²) in [6.45, 7) is 1.49. The fourth-order valence-electron chi connectivity index (χ4n) is 4.97. The van der Waals surface area contributed by atoms with Gasteiger partial charge in [-0.15, -0.1) is 0 Å². The van der Waals surface area contributed by atoms with Crippen molar-refractivity contribution < 1.29 is 32.2 Å². The van der Waals surface area contributed by atoms with Crippen molar-refractivity contribution in [2.24, 2.45) is 5.41 Å². The standard InChI is InChI=1S/C27H28ClF4N3O3/c1-38-17-2-3-22-18(14-17)24(19(28)15-34-22)20(30)4-5-27(26(36)37)6-9-35(10-7-27)11-8-33-23-13-16(29)12-21(31)25(23)32/h2-3,12-15,20,33H,4-11H2,1H3,(H,36,37)/t20-/m1/s1. The van der Waals surface area contributed by atoms with E-state index in [2.05, 4.69) is 10.3 Å². The average molecular weight is 554 g/mol. The zero-order valence-corrected chi connectivity index (χ0v) is 21.5. The number of carbonyl (C=O) groups is 1. The molecule has 2 heterocycles. The van der Waals surface area contributed by atoms with E-state index in [-0.39, 0.29) is 35.7 Å². The lowest BCUT2D eigenvalue weighted by Crippen LogP contribution is -2.45. The topological polar surface area (TPSA) is 74.7 Å². The number of pyridine rings is 1. The van der Waals surface area contributed by atoms with Crippen molar-refractivity contribution >= 4 is 34.2 Å². The molecule has 0 radical (unpaired) electrons. The molecular formula is C27H28ClF4N3O3. The van der Waals surface area contributed by atoms with Crippen molar-refractivity contribution in [1.82, 2.24) is 9.88 Å². The first-order valence-corrected chi connectivity index (χ1v) is 12.6. The summed E-state index contributed by atoms with van der Waals surface area (Å²) >= 11 is 6.31. The Hall–Kier alpha value is -3.11. The zero-order valence-electron chi connectivity index (χ0n) is 20.7. The molecule has 1 atom stereocenters. The number of nitrogens with one attached hydrogen (secondary N) is 1. The van der Waals surface area contributed by atoms with E-state index >= 15 is 4.39 Å². The molecule has 0 bridgehead atoms. The highest BCUT2D eigenvalue weighted by Gasteiger charge is 2.41. The minimum atomic E-state index is -1.50. The Bertz CT molecular complexity index is 1320. The van der Waals surface area contributed by atoms with E-state index in [0.717, 1.165) is 6.07 Å². The van der Waals surface area contributed by atoms with Crippen molar-refractivity contribution in [3.05, 3.63) is 64.6 Å². The van der Waals surface area contributed by atoms with E-state index in [1.54, 1.807) is 18.2 Å². The van der Waals surface area contributed by atoms with Gasteiger partial charge < -0.3 is 20.1 Å². The number of fused-ring (bicyclic) bond motifs is 1. The quantitative estimate of drug-likeness (QED) is 0.224. The number of anilines is 1. The zero-order chi connectivity index (χ0) is 27.4. The molecule has 0 spiro atoms. The monoisotopic (exact) mass is 553 g/mol. The molecule has 1 aliphatic heterocycles. The van der Waals surface area contributed by atoms with Gasteiger partial charge in [-0.25, -0.2) is 17.6 Å². The van der Waals surface area contributed by atoms with Gasteiger partial charge in [-0.2, -0.15) is 0 Å². The molecule has 0 saturated carbocycles. The Morgan fingerprint density at radius 1 is 1.24 bits per heavy atom. The number of halogens is 5. The summed E-state index contributed by atoms with van der Waals surface area (Å²) in [4.78, 5) is 18.5. The van der Waals surface area contributed by atoms with Crippen molar-refractivity contribution in [2.45, 2.75) is 31.9 Å². The molecule has 4 rings (SSSR count). The molecule has 1 aromatic heterocycles. The second-order valence-electron chi connectivity index (χ2n) is 9.51. The molecule has 1 aliphatic rings. The third-order valence-corrected chi connectivity index (χ3v) is 7.56. The summed E-state index contributed by atoms with van der Waals surface area (Å²) in [5.74, 6) is -3.77. The van der Waals surface area contributed by atoms with Gasteiger partial charge in [-0.3, -0.25) is 9.78 Å². The molecule has 0 unspecified atom stereocenters. The number of aliphatic carboxylic acids is 1. The lowest BCUT2D eigenvalue weighted by molar-refractivity contribution is -0.153. The van der Waals surface area contributed by atoms with Gasteiger partial charge in [0.05, 0.1) is 28.8 Å². The Labute approximate surface area is 222 Å². The van der Waals surface area contributed by atoms with Gasteiger partial charge in [0.1, 0.15) is 17.7 Å². The van der Waals surface area contributed by atoms with Crippen LogP contribution in [0.25, 0.3) is 10.9 Å². The van der Waals surface area contributed by atoms with Gasteiger partial charge in [0, 0.05) is 42.4 Å². The number of aromatic nitrogens is 1. The summed E-state index contributed by atoms with van der Waals surface area (Å²) in [5, 5.41) is 13.4. The van der Waals surface area contributed by atoms with Crippen LogP contribution in [0.15, 0.2) is 36.5 Å². The number of rotatable bonds is 10. The van der Waals surface area contributed by atoms with Crippen LogP contribution in [0.2, 0.25) is 5.02 Å². The third-order valence-electron chi connectivity index (χ3n) is 7.26. The highest BCUT2D eigenvalue weighted by atomic mass is 35.5. The Balaban J connectivity index is 1.37. The van der Waals surface area contributed by atoms with Crippen LogP contribution in [0, 0.1) is 22.9 Å². The summed E-state index contributed by atoms with van der Waals surface area (Å²) in [5.41, 5.74) is -0.545. The van der Waals surface area contributed by atoms with Crippen molar-refractivity contribution in [2.75, 3.05) is 38.6 Å². The van der Waals surface area contributed by atoms with Crippen molar-refractivity contribution in [3.8, 4) is 5.75 Å². The minimum absolute atomic E-state index is 0.0334. The molecule has 1 saturated heterocycles. The van der Waals surface area contributed by atoms with Crippen LogP contribution < -0.4 is 10.1 Å². The predicted molar refractivity (Wildman–Crippen MR) is 137 cm³/mol. The molecule has 38 heavy (non-hydrogen) atoms. The summed E-state index contributed by atoms with van der Waals surface area (Å²) < 4.78 is 61.4. The molecule has 1 fully saturated rings. The van der Waals surface area contributed by atoms with Gasteiger partial charge in [-0.1, -0.05) is 11.6 Å². The lowest BCUT2D eigenvalue weighted by Gasteiger charge is -2.39. The number of carboxylic acid groups (broad SMARTS) is 1. The maximum atomic E-state index is 15.6. The highest BCUT2D eigenvalue weighted by Crippen LogP contribution is 2.42. The second-order valence-corrected chi connectivity index (χ2v) is 9.92. The first-order valence-electron chi connectivity index (χ1n) is 12.2. The number of alkyl halides is 1. The number of ether oxygens (including phenoxy) is 1. The molecular weight excluding hydrogens is 526 g/mol. The maximum Gasteiger partial charge on any atom is 0.309 e. The van der Waals surface area contributed by atoms with Crippen LogP contribution in [-0.4, -0.2) is 54.2 Å². The van der Waals surface area contributed by atoms with Gasteiger partial charge >= 0.3 is 5.97 Å². The van der Waals surface area contributed by atoms with E-state index in [4.69, 9.17) is 16.3 Å². The molecule has 3 aromatic rings. The molecule has 204 valence electrons. The number of hydrogen-bond acceptors (Lipinski definition) is 5. The summed E-state index contributed by atoms with van der Waals surface area (Å²) in [7, 11) is 1.50. The number of piperidine rings is 1. The van der Waals surface area contributed by atoms with E-state index < -0.39 is 35.0 Å². The first kappa shape index (κ1) is 27.9. The van der Waals surface area contributed by atoms with Crippen LogP contribution in [0.4, 0.5) is 23.2 Å². The van der Waals surface area contributed by atoms with Crippen LogP contribution in [0.3, 0.4) is 0 Å². The van der Waals surface area contributed by atoms with Gasteiger partial charge in [0.2, 0.25) is 0 Å². The van der Waals surface area contributed by atoms with Crippen LogP contribution in [-0.2, 0) is 4.79 Å². The van der Waals surface area contributed by atoms with E-state index in [1.807, 2.05) is 4.90 Å². The van der Waals surface area contributed by atoms with Gasteiger partial charge in [0.25, 0.3) is 0 Å². The Kier molecular flexibility index (Phi) is 8.62. The molecule has 0 amide bonds. The maximum absolute atomic E-state index is 15.6. The molecule has 0 aliphatic carbocycles. The molecule has 6 nitrogen and oxygen atoms in total. The Morgan fingerprint density at radius 2 is 1.97 bits per heavy atom. The van der Waals surface area contributed by atoms with Crippen LogP contribution in [0.5, 0.6) is 5.75 Å². The Morgan fingerprint density at radius 3 is 2.66 bits per heavy atom. The van der Waals surface area contributed by atoms with E-state index in [0.29, 0.717) is 55.2 Å². The lowest BCUT2D eigenvalue weighted by atomic mass is 9.74. The number of likely N-dealkylation sites (tertiary alicyclic amines) is 1. The number of methoxy groups -OCH3 is 1. The number of benzene rings is 2. The highest BCUT2D eigenvalue weighted by molar-refractivity contribution is 6.32. The molecule has 11 heteroatoms. The van der Waals surface area contributed by atoms with Crippen LogP contribution in [0.1, 0.15) is 37.4 Å². The summed E-state index contributed by atoms with van der Waals surface area (Å²) in [6, 6.07) is 6.45. The van der Waals surface area contributed by atoms with E-state index in [1.165, 1.54) is 13.3 Å². The fraction of sp³-hybridized carbons (Fsp3) is 0.407. The predicted octanol–water partition coefficient (Wildman–Crippen LogP) is 6.38. The molecule has 2 N–H and O–H groups in total. The van der Waals surface area contributed by atoms with Crippen LogP contribution >= 0.6 is 11.6 Å². The number of carboxylic acids is 1. The van der Waals surface area contributed by atoms with Crippen molar-refractivity contribution in [1.29, 1.82) is 0 Å². The SMILES string of the molecule is COc1ccc2ncc(Cl)c([C@H](F)CCC3(C(=O)O)CCN(CCNc4cc(F)cc(F)c4F)CC3)c2c1. The van der Waals surface area contributed by atoms with Gasteiger partial charge in [0.15, 0.2) is 11.6 Å². The summed E-state index contributed by atoms with van der Waals surface area (Å²) in [6.07, 6.45) is 0.580. The van der Waals surface area contributed by atoms with Gasteiger partial charge in [-0.05, 0) is 57.0 Å².